The normalized spacial score (nSPS) is 14.2. The number of nitrogens with zero attached hydrogens (tertiary/aromatic N) is 2. The van der Waals surface area contributed by atoms with Crippen LogP contribution in [0, 0.1) is 5.92 Å². The van der Waals surface area contributed by atoms with Gasteiger partial charge in [0.15, 0.2) is 11.6 Å². The van der Waals surface area contributed by atoms with Crippen LogP contribution in [0.4, 0.5) is 17.3 Å². The van der Waals surface area contributed by atoms with Crippen LogP contribution in [-0.2, 0) is 11.2 Å². The van der Waals surface area contributed by atoms with E-state index in [9.17, 15) is 4.79 Å². The van der Waals surface area contributed by atoms with E-state index in [1.807, 2.05) is 24.3 Å². The zero-order valence-electron chi connectivity index (χ0n) is 12.7. The van der Waals surface area contributed by atoms with Gasteiger partial charge in [-0.3, -0.25) is 4.79 Å². The van der Waals surface area contributed by atoms with Crippen molar-refractivity contribution in [2.45, 2.75) is 32.6 Å². The van der Waals surface area contributed by atoms with E-state index in [2.05, 4.69) is 33.8 Å². The van der Waals surface area contributed by atoms with E-state index in [1.54, 1.807) is 6.07 Å². The molecule has 5 nitrogen and oxygen atoms in total. The molecule has 0 atom stereocenters. The molecule has 1 heterocycles. The number of benzene rings is 1. The molecule has 2 N–H and O–H groups in total. The van der Waals surface area contributed by atoms with Crippen molar-refractivity contribution >= 4 is 23.2 Å². The highest BCUT2D eigenvalue weighted by atomic mass is 16.2. The van der Waals surface area contributed by atoms with E-state index in [0.29, 0.717) is 11.6 Å². The maximum Gasteiger partial charge on any atom is 0.228 e. The van der Waals surface area contributed by atoms with E-state index in [0.717, 1.165) is 31.4 Å². The SMILES string of the molecule is CCc1ccccc1Nc1ccc(NC(=O)C2CCC2)nn1. The third-order valence-corrected chi connectivity index (χ3v) is 4.05. The average molecular weight is 296 g/mol. The highest BCUT2D eigenvalue weighted by Gasteiger charge is 2.25. The minimum atomic E-state index is 0.0533. The summed E-state index contributed by atoms with van der Waals surface area (Å²) in [5.74, 6) is 1.38. The van der Waals surface area contributed by atoms with Crippen LogP contribution in [0.3, 0.4) is 0 Å². The molecule has 3 rings (SSSR count). The van der Waals surface area contributed by atoms with Crippen molar-refractivity contribution < 1.29 is 4.79 Å². The van der Waals surface area contributed by atoms with Crippen LogP contribution in [0.2, 0.25) is 0 Å². The number of aryl methyl sites for hydroxylation is 1. The summed E-state index contributed by atoms with van der Waals surface area (Å²) in [6.07, 6.45) is 4.05. The number of amides is 1. The smallest absolute Gasteiger partial charge is 0.228 e. The summed E-state index contributed by atoms with van der Waals surface area (Å²) >= 11 is 0. The fraction of sp³-hybridized carbons (Fsp3) is 0.353. The number of para-hydroxylation sites is 1. The predicted molar refractivity (Wildman–Crippen MR) is 87.1 cm³/mol. The van der Waals surface area contributed by atoms with Crippen molar-refractivity contribution in [3.63, 3.8) is 0 Å². The molecule has 114 valence electrons. The molecule has 5 heteroatoms. The molecule has 1 aliphatic rings. The van der Waals surface area contributed by atoms with Crippen LogP contribution >= 0.6 is 0 Å². The largest absolute Gasteiger partial charge is 0.339 e. The first-order valence-electron chi connectivity index (χ1n) is 7.76. The molecule has 22 heavy (non-hydrogen) atoms. The van der Waals surface area contributed by atoms with E-state index in [-0.39, 0.29) is 11.8 Å². The summed E-state index contributed by atoms with van der Waals surface area (Å²) < 4.78 is 0. The molecule has 1 aromatic carbocycles. The monoisotopic (exact) mass is 296 g/mol. The number of aromatic nitrogens is 2. The van der Waals surface area contributed by atoms with Crippen LogP contribution in [0.15, 0.2) is 36.4 Å². The number of hydrogen-bond donors (Lipinski definition) is 2. The molecular formula is C17H20N4O. The van der Waals surface area contributed by atoms with Gasteiger partial charge < -0.3 is 10.6 Å². The first-order chi connectivity index (χ1) is 10.8. The lowest BCUT2D eigenvalue weighted by molar-refractivity contribution is -0.122. The topological polar surface area (TPSA) is 66.9 Å². The number of carbonyl (C=O) groups is 1. The summed E-state index contributed by atoms with van der Waals surface area (Å²) in [6, 6.07) is 11.7. The van der Waals surface area contributed by atoms with Gasteiger partial charge in [-0.15, -0.1) is 10.2 Å². The van der Waals surface area contributed by atoms with Crippen LogP contribution in [0.25, 0.3) is 0 Å². The van der Waals surface area contributed by atoms with Gasteiger partial charge >= 0.3 is 0 Å². The van der Waals surface area contributed by atoms with E-state index in [4.69, 9.17) is 0 Å². The van der Waals surface area contributed by atoms with Crippen molar-refractivity contribution in [1.82, 2.24) is 10.2 Å². The summed E-state index contributed by atoms with van der Waals surface area (Å²) in [7, 11) is 0. The average Bonchev–Trinajstić information content (AvgIpc) is 2.48. The molecule has 1 saturated carbocycles. The fourth-order valence-corrected chi connectivity index (χ4v) is 2.45. The minimum absolute atomic E-state index is 0.0533. The molecule has 1 aromatic heterocycles. The summed E-state index contributed by atoms with van der Waals surface area (Å²) in [5, 5.41) is 14.3. The molecule has 1 amide bonds. The molecule has 2 aromatic rings. The second-order valence-electron chi connectivity index (χ2n) is 5.56. The Labute approximate surface area is 130 Å². The maximum absolute atomic E-state index is 11.9. The Balaban J connectivity index is 1.65. The van der Waals surface area contributed by atoms with E-state index >= 15 is 0 Å². The first kappa shape index (κ1) is 14.5. The lowest BCUT2D eigenvalue weighted by Crippen LogP contribution is -2.28. The molecule has 0 saturated heterocycles. The molecular weight excluding hydrogens is 276 g/mol. The summed E-state index contributed by atoms with van der Waals surface area (Å²) in [6.45, 7) is 2.12. The van der Waals surface area contributed by atoms with Gasteiger partial charge in [-0.1, -0.05) is 31.5 Å². The Morgan fingerprint density at radius 2 is 1.86 bits per heavy atom. The molecule has 0 spiro atoms. The van der Waals surface area contributed by atoms with Gasteiger partial charge in [-0.05, 0) is 43.0 Å². The lowest BCUT2D eigenvalue weighted by atomic mass is 9.85. The molecule has 0 unspecified atom stereocenters. The van der Waals surface area contributed by atoms with Gasteiger partial charge in [0.1, 0.15) is 0 Å². The number of carbonyl (C=O) groups excluding carboxylic acids is 1. The van der Waals surface area contributed by atoms with Gasteiger partial charge in [0.05, 0.1) is 0 Å². The first-order valence-corrected chi connectivity index (χ1v) is 7.76. The van der Waals surface area contributed by atoms with Crippen molar-refractivity contribution in [2.24, 2.45) is 5.92 Å². The maximum atomic E-state index is 11.9. The quantitative estimate of drug-likeness (QED) is 0.886. The highest BCUT2D eigenvalue weighted by Crippen LogP contribution is 2.27. The van der Waals surface area contributed by atoms with Crippen molar-refractivity contribution in [3.05, 3.63) is 42.0 Å². The lowest BCUT2D eigenvalue weighted by Gasteiger charge is -2.23. The van der Waals surface area contributed by atoms with Crippen LogP contribution < -0.4 is 10.6 Å². The van der Waals surface area contributed by atoms with Crippen LogP contribution in [0.5, 0.6) is 0 Å². The van der Waals surface area contributed by atoms with Crippen molar-refractivity contribution in [2.75, 3.05) is 10.6 Å². The molecule has 1 aliphatic carbocycles. The highest BCUT2D eigenvalue weighted by molar-refractivity contribution is 5.92. The van der Waals surface area contributed by atoms with E-state index in [1.165, 1.54) is 5.56 Å². The Morgan fingerprint density at radius 3 is 2.50 bits per heavy atom. The Bertz CT molecular complexity index is 650. The second kappa shape index (κ2) is 6.56. The van der Waals surface area contributed by atoms with Gasteiger partial charge in [-0.2, -0.15) is 0 Å². The molecule has 0 radical (unpaired) electrons. The number of rotatable bonds is 5. The number of hydrogen-bond acceptors (Lipinski definition) is 4. The van der Waals surface area contributed by atoms with Crippen molar-refractivity contribution in [1.29, 1.82) is 0 Å². The Kier molecular flexibility index (Phi) is 4.32. The number of anilines is 3. The molecule has 0 aliphatic heterocycles. The standard InChI is InChI=1S/C17H20N4O/c1-2-12-6-3-4-9-14(12)18-15-10-11-16(21-20-15)19-17(22)13-7-5-8-13/h3-4,6,9-11,13H,2,5,7-8H2,1H3,(H,18,20)(H,19,21,22). The van der Waals surface area contributed by atoms with Gasteiger partial charge in [0, 0.05) is 11.6 Å². The Morgan fingerprint density at radius 1 is 1.14 bits per heavy atom. The van der Waals surface area contributed by atoms with E-state index < -0.39 is 0 Å². The minimum Gasteiger partial charge on any atom is -0.339 e. The van der Waals surface area contributed by atoms with Crippen LogP contribution in [0.1, 0.15) is 31.7 Å². The van der Waals surface area contributed by atoms with Crippen LogP contribution in [-0.4, -0.2) is 16.1 Å². The molecule has 0 bridgehead atoms. The number of nitrogens with one attached hydrogen (secondary N) is 2. The second-order valence-corrected chi connectivity index (χ2v) is 5.56. The van der Waals surface area contributed by atoms with Gasteiger partial charge in [-0.25, -0.2) is 0 Å². The third-order valence-electron chi connectivity index (χ3n) is 4.05. The summed E-state index contributed by atoms with van der Waals surface area (Å²) in [5.41, 5.74) is 2.26. The zero-order valence-corrected chi connectivity index (χ0v) is 12.7. The molecule has 1 fully saturated rings. The van der Waals surface area contributed by atoms with Gasteiger partial charge in [0.2, 0.25) is 5.91 Å². The van der Waals surface area contributed by atoms with Gasteiger partial charge in [0.25, 0.3) is 0 Å². The Hall–Kier alpha value is -2.43. The third kappa shape index (κ3) is 3.24. The van der Waals surface area contributed by atoms with Crippen molar-refractivity contribution in [3.8, 4) is 0 Å². The fourth-order valence-electron chi connectivity index (χ4n) is 2.45. The summed E-state index contributed by atoms with van der Waals surface area (Å²) in [4.78, 5) is 11.9. The predicted octanol–water partition coefficient (Wildman–Crippen LogP) is 3.52. The zero-order chi connectivity index (χ0) is 15.4.